The summed E-state index contributed by atoms with van der Waals surface area (Å²) in [4.78, 5) is 25.4. The summed E-state index contributed by atoms with van der Waals surface area (Å²) in [6, 6.07) is 3.21. The molecule has 0 saturated heterocycles. The van der Waals surface area contributed by atoms with Gasteiger partial charge in [0.15, 0.2) is 0 Å². The number of nitrogens with one attached hydrogen (secondary N) is 1. The number of anilines is 1. The molecular formula is C19H27BN2O5S. The van der Waals surface area contributed by atoms with Crippen molar-refractivity contribution in [2.24, 2.45) is 5.41 Å². The minimum Gasteiger partial charge on any atom is -0.443 e. The molecule has 28 heavy (non-hydrogen) atoms. The number of hydrogen-bond donors (Lipinski definition) is 3. The summed E-state index contributed by atoms with van der Waals surface area (Å²) in [5.74, 6) is -0.0117. The van der Waals surface area contributed by atoms with Crippen molar-refractivity contribution in [1.29, 1.82) is 0 Å². The second-order valence-corrected chi connectivity index (χ2v) is 9.78. The topological polar surface area (TPSA) is 101 Å². The van der Waals surface area contributed by atoms with E-state index in [0.29, 0.717) is 15.2 Å². The first-order valence-corrected chi connectivity index (χ1v) is 10.4. The summed E-state index contributed by atoms with van der Waals surface area (Å²) >= 11 is 1.29. The van der Waals surface area contributed by atoms with Crippen molar-refractivity contribution in [1.82, 2.24) is 4.57 Å². The third-order valence-corrected chi connectivity index (χ3v) is 6.09. The third kappa shape index (κ3) is 4.26. The second kappa shape index (κ2) is 7.53. The Labute approximate surface area is 168 Å². The van der Waals surface area contributed by atoms with Gasteiger partial charge in [0.25, 0.3) is 0 Å². The Hall–Kier alpha value is -1.84. The van der Waals surface area contributed by atoms with Crippen LogP contribution in [0.3, 0.4) is 0 Å². The van der Waals surface area contributed by atoms with Gasteiger partial charge in [0, 0.05) is 5.41 Å². The Kier molecular flexibility index (Phi) is 5.62. The standard InChI is InChI=1S/C19H27BN2O5S/c1-18(2,3)27-17(24)22-12-10-15(28-13(12)11-14(22)20(25)26)21-16(23)19(4)8-6-5-7-9-19/h10-11,25-26H,5-9H2,1-4H3,(H,21,23). The van der Waals surface area contributed by atoms with Crippen molar-refractivity contribution in [2.45, 2.75) is 65.4 Å². The van der Waals surface area contributed by atoms with E-state index < -0.39 is 18.8 Å². The van der Waals surface area contributed by atoms with Gasteiger partial charge >= 0.3 is 13.2 Å². The van der Waals surface area contributed by atoms with Crippen LogP contribution in [0.1, 0.15) is 59.8 Å². The lowest BCUT2D eigenvalue weighted by Crippen LogP contribution is -2.41. The van der Waals surface area contributed by atoms with Crippen molar-refractivity contribution in [3.63, 3.8) is 0 Å². The highest BCUT2D eigenvalue weighted by Crippen LogP contribution is 2.38. The van der Waals surface area contributed by atoms with Gasteiger partial charge in [-0.1, -0.05) is 26.2 Å². The Morgan fingerprint density at radius 2 is 1.86 bits per heavy atom. The largest absolute Gasteiger partial charge is 0.506 e. The van der Waals surface area contributed by atoms with Crippen LogP contribution in [0.2, 0.25) is 0 Å². The maximum absolute atomic E-state index is 12.8. The van der Waals surface area contributed by atoms with Crippen LogP contribution in [0.25, 0.3) is 10.2 Å². The van der Waals surface area contributed by atoms with E-state index in [1.54, 1.807) is 26.8 Å². The van der Waals surface area contributed by atoms with Crippen LogP contribution < -0.4 is 10.9 Å². The molecule has 152 valence electrons. The molecule has 1 amide bonds. The summed E-state index contributed by atoms with van der Waals surface area (Å²) in [5, 5.41) is 22.9. The fourth-order valence-corrected chi connectivity index (χ4v) is 4.58. The molecule has 0 radical (unpaired) electrons. The minimum atomic E-state index is -1.81. The number of nitrogens with zero attached hydrogens (tertiary/aromatic N) is 1. The molecule has 0 unspecified atom stereocenters. The highest BCUT2D eigenvalue weighted by Gasteiger charge is 2.35. The lowest BCUT2D eigenvalue weighted by Gasteiger charge is -2.31. The van der Waals surface area contributed by atoms with Crippen LogP contribution in [-0.2, 0) is 9.53 Å². The van der Waals surface area contributed by atoms with Crippen LogP contribution in [-0.4, -0.2) is 39.3 Å². The molecule has 2 heterocycles. The Bertz CT molecular complexity index is 890. The van der Waals surface area contributed by atoms with Gasteiger partial charge in [-0.05, 0) is 45.7 Å². The molecule has 3 N–H and O–H groups in total. The van der Waals surface area contributed by atoms with Gasteiger partial charge in [-0.3, -0.25) is 9.36 Å². The molecule has 1 saturated carbocycles. The second-order valence-electron chi connectivity index (χ2n) is 8.69. The van der Waals surface area contributed by atoms with Crippen LogP contribution in [0, 0.1) is 5.41 Å². The molecule has 7 nitrogen and oxygen atoms in total. The molecule has 1 aliphatic rings. The molecule has 1 fully saturated rings. The molecule has 0 aliphatic heterocycles. The van der Waals surface area contributed by atoms with Crippen molar-refractivity contribution in [3.8, 4) is 0 Å². The molecule has 1 aliphatic carbocycles. The number of ether oxygens (including phenoxy) is 1. The van der Waals surface area contributed by atoms with E-state index in [1.807, 2.05) is 6.92 Å². The molecule has 0 spiro atoms. The van der Waals surface area contributed by atoms with Crippen LogP contribution in [0.4, 0.5) is 9.80 Å². The maximum Gasteiger partial charge on any atom is 0.506 e. The predicted octanol–water partition coefficient (Wildman–Crippen LogP) is 3.07. The number of rotatable bonds is 3. The highest BCUT2D eigenvalue weighted by atomic mass is 32.1. The normalized spacial score (nSPS) is 16.8. The first-order chi connectivity index (χ1) is 13.0. The summed E-state index contributed by atoms with van der Waals surface area (Å²) in [7, 11) is -1.81. The number of amides is 1. The van der Waals surface area contributed by atoms with Gasteiger partial charge < -0.3 is 20.1 Å². The Morgan fingerprint density at radius 1 is 1.21 bits per heavy atom. The summed E-state index contributed by atoms with van der Waals surface area (Å²) in [6.45, 7) is 7.22. The van der Waals surface area contributed by atoms with E-state index in [1.165, 1.54) is 17.4 Å². The number of fused-ring (bicyclic) bond motifs is 1. The number of thiophene rings is 1. The smallest absolute Gasteiger partial charge is 0.443 e. The SMILES string of the molecule is CC(C)(C)OC(=O)n1c(B(O)O)cc2sc(NC(=O)C3(C)CCCCC3)cc21. The molecule has 0 aromatic carbocycles. The van der Waals surface area contributed by atoms with Crippen molar-refractivity contribution in [3.05, 3.63) is 12.1 Å². The molecule has 0 atom stereocenters. The zero-order valence-electron chi connectivity index (χ0n) is 16.7. The summed E-state index contributed by atoms with van der Waals surface area (Å²) < 4.78 is 7.22. The van der Waals surface area contributed by atoms with E-state index in [2.05, 4.69) is 5.32 Å². The van der Waals surface area contributed by atoms with E-state index in [-0.39, 0.29) is 16.9 Å². The number of carbonyl (C=O) groups is 2. The van der Waals surface area contributed by atoms with E-state index in [4.69, 9.17) is 4.74 Å². The van der Waals surface area contributed by atoms with Crippen molar-refractivity contribution < 1.29 is 24.4 Å². The van der Waals surface area contributed by atoms with Gasteiger partial charge in [0.1, 0.15) is 5.60 Å². The summed E-state index contributed by atoms with van der Waals surface area (Å²) in [6.07, 6.45) is 4.32. The van der Waals surface area contributed by atoms with Gasteiger partial charge in [0.2, 0.25) is 5.91 Å². The average molecular weight is 406 g/mol. The molecule has 3 rings (SSSR count). The molecular weight excluding hydrogens is 379 g/mol. The number of aromatic nitrogens is 1. The van der Waals surface area contributed by atoms with Crippen LogP contribution in [0.5, 0.6) is 0 Å². The van der Waals surface area contributed by atoms with Gasteiger partial charge in [0.05, 0.1) is 20.8 Å². The number of hydrogen-bond acceptors (Lipinski definition) is 6. The van der Waals surface area contributed by atoms with Gasteiger partial charge in [-0.2, -0.15) is 0 Å². The lowest BCUT2D eigenvalue weighted by atomic mass is 9.75. The lowest BCUT2D eigenvalue weighted by molar-refractivity contribution is -0.126. The predicted molar refractivity (Wildman–Crippen MR) is 111 cm³/mol. The third-order valence-electron chi connectivity index (χ3n) is 5.10. The van der Waals surface area contributed by atoms with E-state index >= 15 is 0 Å². The molecule has 2 aromatic rings. The van der Waals surface area contributed by atoms with Crippen LogP contribution in [0.15, 0.2) is 12.1 Å². The fourth-order valence-electron chi connectivity index (χ4n) is 3.60. The maximum atomic E-state index is 12.8. The zero-order valence-corrected chi connectivity index (χ0v) is 17.6. The Balaban J connectivity index is 1.91. The van der Waals surface area contributed by atoms with Crippen molar-refractivity contribution in [2.75, 3.05) is 5.32 Å². The van der Waals surface area contributed by atoms with Crippen molar-refractivity contribution >= 4 is 51.3 Å². The minimum absolute atomic E-state index is 0.0117. The summed E-state index contributed by atoms with van der Waals surface area (Å²) in [5.41, 5.74) is -0.590. The zero-order chi connectivity index (χ0) is 20.7. The number of carbonyl (C=O) groups excluding carboxylic acids is 2. The first-order valence-electron chi connectivity index (χ1n) is 9.56. The molecule has 9 heteroatoms. The van der Waals surface area contributed by atoms with E-state index in [9.17, 15) is 19.6 Å². The van der Waals surface area contributed by atoms with Crippen LogP contribution >= 0.6 is 11.3 Å². The average Bonchev–Trinajstić information content (AvgIpc) is 3.10. The highest BCUT2D eigenvalue weighted by molar-refractivity contribution is 7.23. The fraction of sp³-hybridized carbons (Fsp3) is 0.579. The van der Waals surface area contributed by atoms with Gasteiger partial charge in [-0.15, -0.1) is 11.3 Å². The monoisotopic (exact) mass is 406 g/mol. The quantitative estimate of drug-likeness (QED) is 0.681. The first kappa shape index (κ1) is 20.9. The van der Waals surface area contributed by atoms with Gasteiger partial charge in [-0.25, -0.2) is 4.79 Å². The Morgan fingerprint density at radius 3 is 2.43 bits per heavy atom. The van der Waals surface area contributed by atoms with E-state index in [0.717, 1.165) is 36.7 Å². The molecule has 2 aromatic heterocycles. The molecule has 0 bridgehead atoms.